The van der Waals surface area contributed by atoms with Gasteiger partial charge >= 0.3 is 0 Å². The number of carbonyl (C=O) groups excluding carboxylic acids is 1. The number of nitrogens with one attached hydrogen (secondary N) is 2. The molecule has 0 radical (unpaired) electrons. The zero-order valence-corrected chi connectivity index (χ0v) is 15.7. The molecule has 2 unspecified atom stereocenters. The van der Waals surface area contributed by atoms with Crippen LogP contribution in [0, 0.1) is 17.8 Å². The quantitative estimate of drug-likeness (QED) is 0.764. The van der Waals surface area contributed by atoms with Gasteiger partial charge in [-0.3, -0.25) is 4.79 Å². The number of hydrogen-bond acceptors (Lipinski definition) is 2. The number of fused-ring (bicyclic) bond motifs is 1. The minimum atomic E-state index is 0.209. The summed E-state index contributed by atoms with van der Waals surface area (Å²) in [4.78, 5) is 14.5. The lowest BCUT2D eigenvalue weighted by atomic mass is 9.75. The predicted molar refractivity (Wildman–Crippen MR) is 102 cm³/mol. The molecule has 1 aliphatic heterocycles. The summed E-state index contributed by atoms with van der Waals surface area (Å²) in [7, 11) is 0. The average Bonchev–Trinajstić information content (AvgIpc) is 2.65. The van der Waals surface area contributed by atoms with Crippen molar-refractivity contribution in [1.82, 2.24) is 15.5 Å². The molecule has 24 heavy (non-hydrogen) atoms. The van der Waals surface area contributed by atoms with E-state index >= 15 is 0 Å². The van der Waals surface area contributed by atoms with E-state index in [-0.39, 0.29) is 5.91 Å². The van der Waals surface area contributed by atoms with E-state index in [1.807, 2.05) is 0 Å². The van der Waals surface area contributed by atoms with Crippen LogP contribution in [0.2, 0.25) is 0 Å². The molecule has 2 N–H and O–H groups in total. The maximum absolute atomic E-state index is 12.5. The number of thiocarbonyl (C=S) groups is 1. The van der Waals surface area contributed by atoms with Crippen LogP contribution in [-0.2, 0) is 4.79 Å². The molecule has 5 heteroatoms. The summed E-state index contributed by atoms with van der Waals surface area (Å²) < 4.78 is 0. The van der Waals surface area contributed by atoms with Gasteiger partial charge < -0.3 is 15.5 Å². The van der Waals surface area contributed by atoms with E-state index in [2.05, 4.69) is 15.5 Å². The second kappa shape index (κ2) is 9.02. The first-order valence-electron chi connectivity index (χ1n) is 10.0. The van der Waals surface area contributed by atoms with Crippen LogP contribution in [0.1, 0.15) is 64.2 Å². The summed E-state index contributed by atoms with van der Waals surface area (Å²) in [6, 6.07) is 0. The van der Waals surface area contributed by atoms with Crippen LogP contribution in [0.25, 0.3) is 0 Å². The number of likely N-dealkylation sites (tertiary alicyclic amines) is 1. The summed E-state index contributed by atoms with van der Waals surface area (Å²) in [6.45, 7) is 3.19. The number of piperidine rings is 1. The molecule has 2 atom stereocenters. The molecule has 2 aliphatic carbocycles. The van der Waals surface area contributed by atoms with Crippen molar-refractivity contribution in [2.45, 2.75) is 64.2 Å². The zero-order chi connectivity index (χ0) is 16.8. The smallest absolute Gasteiger partial charge is 0.241 e. The highest BCUT2D eigenvalue weighted by Gasteiger charge is 2.32. The molecular formula is C19H33N3OS. The van der Waals surface area contributed by atoms with Crippen molar-refractivity contribution in [1.29, 1.82) is 0 Å². The molecule has 3 fully saturated rings. The second-order valence-corrected chi connectivity index (χ2v) is 8.41. The Bertz CT molecular complexity index is 436. The zero-order valence-electron chi connectivity index (χ0n) is 14.9. The van der Waals surface area contributed by atoms with Crippen molar-refractivity contribution in [3.8, 4) is 0 Å². The number of nitrogens with zero attached hydrogens (tertiary/aromatic N) is 1. The Morgan fingerprint density at radius 1 is 0.917 bits per heavy atom. The fraction of sp³-hybridized carbons (Fsp3) is 0.895. The molecule has 1 amide bonds. The molecule has 0 aromatic carbocycles. The molecule has 0 spiro atoms. The summed E-state index contributed by atoms with van der Waals surface area (Å²) in [5, 5.41) is 7.07. The highest BCUT2D eigenvalue weighted by molar-refractivity contribution is 7.80. The van der Waals surface area contributed by atoms with Crippen molar-refractivity contribution in [2.24, 2.45) is 17.8 Å². The number of hydrogen-bond donors (Lipinski definition) is 2. The first-order valence-corrected chi connectivity index (χ1v) is 10.4. The van der Waals surface area contributed by atoms with Crippen molar-refractivity contribution >= 4 is 23.2 Å². The summed E-state index contributed by atoms with van der Waals surface area (Å²) in [5.74, 6) is 2.57. The molecule has 1 saturated heterocycles. The molecular weight excluding hydrogens is 318 g/mol. The van der Waals surface area contributed by atoms with Gasteiger partial charge in [-0.25, -0.2) is 0 Å². The predicted octanol–water partition coefficient (Wildman–Crippen LogP) is 3.07. The van der Waals surface area contributed by atoms with E-state index in [1.165, 1.54) is 64.2 Å². The van der Waals surface area contributed by atoms with E-state index in [0.717, 1.165) is 37.4 Å². The van der Waals surface area contributed by atoms with Crippen LogP contribution >= 0.6 is 12.2 Å². The van der Waals surface area contributed by atoms with Gasteiger partial charge in [0.25, 0.3) is 0 Å². The molecule has 0 aromatic rings. The molecule has 1 heterocycles. The summed E-state index contributed by atoms with van der Waals surface area (Å²) in [6.07, 6.45) is 13.3. The van der Waals surface area contributed by atoms with Gasteiger partial charge in [-0.1, -0.05) is 38.5 Å². The minimum Gasteiger partial charge on any atom is -0.362 e. The van der Waals surface area contributed by atoms with Crippen molar-refractivity contribution in [3.63, 3.8) is 0 Å². The molecule has 0 aromatic heterocycles. The van der Waals surface area contributed by atoms with Gasteiger partial charge in [0, 0.05) is 19.6 Å². The molecule has 4 nitrogen and oxygen atoms in total. The number of rotatable bonds is 4. The van der Waals surface area contributed by atoms with Gasteiger partial charge in [0.2, 0.25) is 5.91 Å². The van der Waals surface area contributed by atoms with Crippen LogP contribution in [0.4, 0.5) is 0 Å². The third kappa shape index (κ3) is 5.08. The van der Waals surface area contributed by atoms with Crippen molar-refractivity contribution in [2.75, 3.05) is 26.2 Å². The van der Waals surface area contributed by atoms with Gasteiger partial charge in [-0.2, -0.15) is 0 Å². The molecule has 0 bridgehead atoms. The van der Waals surface area contributed by atoms with Crippen LogP contribution < -0.4 is 10.6 Å². The second-order valence-electron chi connectivity index (χ2n) is 8.00. The monoisotopic (exact) mass is 351 g/mol. The molecule has 136 valence electrons. The number of carbonyl (C=O) groups is 1. The SMILES string of the molecule is O=C(CNC(=S)NCC1CCCCC1)N1CCC2CCCCC2C1. The van der Waals surface area contributed by atoms with Crippen LogP contribution in [-0.4, -0.2) is 42.1 Å². The molecule has 2 saturated carbocycles. The lowest BCUT2D eigenvalue weighted by molar-refractivity contribution is -0.133. The van der Waals surface area contributed by atoms with E-state index in [9.17, 15) is 4.79 Å². The average molecular weight is 352 g/mol. The Kier molecular flexibility index (Phi) is 6.75. The van der Waals surface area contributed by atoms with Gasteiger partial charge in [0.15, 0.2) is 5.11 Å². The maximum atomic E-state index is 12.5. The fourth-order valence-corrected chi connectivity index (χ4v) is 4.94. The van der Waals surface area contributed by atoms with E-state index < -0.39 is 0 Å². The Morgan fingerprint density at radius 2 is 1.62 bits per heavy atom. The van der Waals surface area contributed by atoms with E-state index in [0.29, 0.717) is 11.7 Å². The largest absolute Gasteiger partial charge is 0.362 e. The fourth-order valence-electron chi connectivity index (χ4n) is 4.79. The maximum Gasteiger partial charge on any atom is 0.241 e. The van der Waals surface area contributed by atoms with Gasteiger partial charge in [-0.15, -0.1) is 0 Å². The third-order valence-electron chi connectivity index (χ3n) is 6.32. The van der Waals surface area contributed by atoms with Crippen LogP contribution in [0.15, 0.2) is 0 Å². The summed E-state index contributed by atoms with van der Waals surface area (Å²) in [5.41, 5.74) is 0. The van der Waals surface area contributed by atoms with Gasteiger partial charge in [0.05, 0.1) is 6.54 Å². The topological polar surface area (TPSA) is 44.4 Å². The lowest BCUT2D eigenvalue weighted by Gasteiger charge is -2.41. The molecule has 3 aliphatic rings. The summed E-state index contributed by atoms with van der Waals surface area (Å²) >= 11 is 5.34. The first-order chi connectivity index (χ1) is 11.7. The Labute approximate surface area is 152 Å². The highest BCUT2D eigenvalue weighted by Crippen LogP contribution is 2.35. The highest BCUT2D eigenvalue weighted by atomic mass is 32.1. The Hall–Kier alpha value is -0.840. The van der Waals surface area contributed by atoms with E-state index in [4.69, 9.17) is 12.2 Å². The van der Waals surface area contributed by atoms with Crippen LogP contribution in [0.5, 0.6) is 0 Å². The standard InChI is InChI=1S/C19H33N3OS/c23-18(22-11-10-16-8-4-5-9-17(16)14-22)13-21-19(24)20-12-15-6-2-1-3-7-15/h15-17H,1-14H2,(H2,20,21,24). The van der Waals surface area contributed by atoms with Crippen LogP contribution in [0.3, 0.4) is 0 Å². The van der Waals surface area contributed by atoms with Crippen molar-refractivity contribution in [3.05, 3.63) is 0 Å². The van der Waals surface area contributed by atoms with E-state index in [1.54, 1.807) is 0 Å². The minimum absolute atomic E-state index is 0.209. The Balaban J connectivity index is 1.33. The van der Waals surface area contributed by atoms with Crippen molar-refractivity contribution < 1.29 is 4.79 Å². The first kappa shape index (κ1) is 18.0. The number of amides is 1. The van der Waals surface area contributed by atoms with Gasteiger partial charge in [0.1, 0.15) is 0 Å². The normalized spacial score (nSPS) is 28.1. The lowest BCUT2D eigenvalue weighted by Crippen LogP contribution is -2.49. The third-order valence-corrected chi connectivity index (χ3v) is 6.61. The molecule has 3 rings (SSSR count). The Morgan fingerprint density at radius 3 is 2.42 bits per heavy atom. The van der Waals surface area contributed by atoms with Gasteiger partial charge in [-0.05, 0) is 55.7 Å².